The van der Waals surface area contributed by atoms with Crippen LogP contribution in [0, 0.1) is 0 Å². The minimum absolute atomic E-state index is 1.05. The van der Waals surface area contributed by atoms with Gasteiger partial charge in [0.05, 0.1) is 6.20 Å². The number of aromatic amines is 1. The fourth-order valence-electron chi connectivity index (χ4n) is 1.36. The van der Waals surface area contributed by atoms with Crippen LogP contribution in [0.2, 0.25) is 0 Å². The Bertz CT molecular complexity index is 229. The number of aromatic nitrogens is 2. The van der Waals surface area contributed by atoms with Crippen LogP contribution in [0.1, 0.15) is 11.3 Å². The molecule has 0 saturated heterocycles. The Morgan fingerprint density at radius 1 is 1.70 bits per heavy atom. The molecule has 1 aliphatic heterocycles. The van der Waals surface area contributed by atoms with E-state index >= 15 is 0 Å². The van der Waals surface area contributed by atoms with Gasteiger partial charge in [-0.1, -0.05) is 0 Å². The molecule has 0 bridgehead atoms. The molecule has 0 saturated carbocycles. The SMILES string of the molecule is CN1CCc2[nH]ncc2C1. The van der Waals surface area contributed by atoms with Gasteiger partial charge in [0.2, 0.25) is 0 Å². The highest BCUT2D eigenvalue weighted by atomic mass is 15.2. The smallest absolute Gasteiger partial charge is 0.0535 e. The van der Waals surface area contributed by atoms with Crippen LogP contribution >= 0.6 is 0 Å². The van der Waals surface area contributed by atoms with Gasteiger partial charge in [-0.2, -0.15) is 5.10 Å². The number of hydrogen-bond acceptors (Lipinski definition) is 2. The monoisotopic (exact) mass is 137 g/mol. The number of rotatable bonds is 0. The largest absolute Gasteiger partial charge is 0.302 e. The Labute approximate surface area is 60.0 Å². The van der Waals surface area contributed by atoms with Gasteiger partial charge in [-0.15, -0.1) is 0 Å². The van der Waals surface area contributed by atoms with Crippen LogP contribution in [0.15, 0.2) is 6.20 Å². The van der Waals surface area contributed by atoms with Gasteiger partial charge in [-0.05, 0) is 7.05 Å². The maximum atomic E-state index is 3.99. The molecule has 3 nitrogen and oxygen atoms in total. The maximum absolute atomic E-state index is 3.99. The first kappa shape index (κ1) is 5.92. The summed E-state index contributed by atoms with van der Waals surface area (Å²) in [5.41, 5.74) is 2.67. The molecule has 0 aromatic carbocycles. The predicted octanol–water partition coefficient (Wildman–Crippen LogP) is 0.398. The molecule has 1 aromatic heterocycles. The highest BCUT2D eigenvalue weighted by Gasteiger charge is 2.13. The summed E-state index contributed by atoms with van der Waals surface area (Å²) in [7, 11) is 2.13. The quantitative estimate of drug-likeness (QED) is 0.561. The lowest BCUT2D eigenvalue weighted by Gasteiger charge is -2.20. The van der Waals surface area contributed by atoms with Crippen LogP contribution in [0.25, 0.3) is 0 Å². The van der Waals surface area contributed by atoms with Gasteiger partial charge in [0.1, 0.15) is 0 Å². The number of H-pyrrole nitrogens is 1. The van der Waals surface area contributed by atoms with E-state index in [1.165, 1.54) is 11.3 Å². The van der Waals surface area contributed by atoms with E-state index in [4.69, 9.17) is 0 Å². The molecule has 2 heterocycles. The number of fused-ring (bicyclic) bond motifs is 1. The topological polar surface area (TPSA) is 31.9 Å². The summed E-state index contributed by atoms with van der Waals surface area (Å²) in [5.74, 6) is 0. The van der Waals surface area contributed by atoms with Crippen LogP contribution in [-0.2, 0) is 13.0 Å². The maximum Gasteiger partial charge on any atom is 0.0535 e. The minimum Gasteiger partial charge on any atom is -0.302 e. The van der Waals surface area contributed by atoms with Gasteiger partial charge in [0.15, 0.2) is 0 Å². The highest BCUT2D eigenvalue weighted by molar-refractivity contribution is 5.18. The lowest BCUT2D eigenvalue weighted by molar-refractivity contribution is 0.311. The Kier molecular flexibility index (Phi) is 1.24. The summed E-state index contributed by atoms with van der Waals surface area (Å²) < 4.78 is 0. The summed E-state index contributed by atoms with van der Waals surface area (Å²) in [4.78, 5) is 2.30. The van der Waals surface area contributed by atoms with Gasteiger partial charge in [0, 0.05) is 30.8 Å². The molecular weight excluding hydrogens is 126 g/mol. The third-order valence-electron chi connectivity index (χ3n) is 1.99. The summed E-state index contributed by atoms with van der Waals surface area (Å²) in [5, 5.41) is 6.99. The molecule has 1 N–H and O–H groups in total. The van der Waals surface area contributed by atoms with Crippen LogP contribution in [-0.4, -0.2) is 28.7 Å². The zero-order valence-electron chi connectivity index (χ0n) is 6.09. The third kappa shape index (κ3) is 0.827. The van der Waals surface area contributed by atoms with Crippen LogP contribution in [0.4, 0.5) is 0 Å². The van der Waals surface area contributed by atoms with Crippen molar-refractivity contribution >= 4 is 0 Å². The van der Waals surface area contributed by atoms with Crippen molar-refractivity contribution in [2.45, 2.75) is 13.0 Å². The molecule has 0 unspecified atom stereocenters. The zero-order chi connectivity index (χ0) is 6.97. The second kappa shape index (κ2) is 2.09. The molecule has 0 atom stereocenters. The standard InChI is InChI=1S/C7H11N3/c1-10-3-2-7-6(5-10)4-8-9-7/h4H,2-3,5H2,1H3,(H,8,9). The first-order valence-electron chi connectivity index (χ1n) is 3.56. The van der Waals surface area contributed by atoms with E-state index in [0.717, 1.165) is 19.5 Å². The Balaban J connectivity index is 2.30. The lowest BCUT2D eigenvalue weighted by atomic mass is 10.1. The minimum atomic E-state index is 1.05. The summed E-state index contributed by atoms with van der Waals surface area (Å²) >= 11 is 0. The molecule has 54 valence electrons. The van der Waals surface area contributed by atoms with Crippen molar-refractivity contribution in [1.29, 1.82) is 0 Å². The van der Waals surface area contributed by atoms with Crippen molar-refractivity contribution in [2.75, 3.05) is 13.6 Å². The summed E-state index contributed by atoms with van der Waals surface area (Å²) in [6.45, 7) is 2.20. The molecule has 0 spiro atoms. The van der Waals surface area contributed by atoms with Gasteiger partial charge in [-0.25, -0.2) is 0 Å². The van der Waals surface area contributed by atoms with E-state index in [9.17, 15) is 0 Å². The van der Waals surface area contributed by atoms with Crippen molar-refractivity contribution < 1.29 is 0 Å². The molecule has 0 radical (unpaired) electrons. The van der Waals surface area contributed by atoms with E-state index in [-0.39, 0.29) is 0 Å². The van der Waals surface area contributed by atoms with Gasteiger partial charge < -0.3 is 4.90 Å². The fourth-order valence-corrected chi connectivity index (χ4v) is 1.36. The van der Waals surface area contributed by atoms with Crippen molar-refractivity contribution in [3.05, 3.63) is 17.5 Å². The molecule has 0 fully saturated rings. The lowest BCUT2D eigenvalue weighted by Crippen LogP contribution is -2.25. The molecule has 2 rings (SSSR count). The Hall–Kier alpha value is -0.830. The number of likely N-dealkylation sites (N-methyl/N-ethyl adjacent to an activating group) is 1. The number of nitrogens with one attached hydrogen (secondary N) is 1. The summed E-state index contributed by atoms with van der Waals surface area (Å²) in [6.07, 6.45) is 3.04. The van der Waals surface area contributed by atoms with Crippen LogP contribution in [0.5, 0.6) is 0 Å². The first-order chi connectivity index (χ1) is 4.86. The Morgan fingerprint density at radius 3 is 3.50 bits per heavy atom. The molecule has 1 aliphatic rings. The molecule has 0 aliphatic carbocycles. The van der Waals surface area contributed by atoms with Crippen LogP contribution in [0.3, 0.4) is 0 Å². The second-order valence-electron chi connectivity index (χ2n) is 2.86. The van der Waals surface area contributed by atoms with E-state index < -0.39 is 0 Å². The van der Waals surface area contributed by atoms with Gasteiger partial charge >= 0.3 is 0 Å². The second-order valence-corrected chi connectivity index (χ2v) is 2.86. The average Bonchev–Trinajstić information content (AvgIpc) is 2.33. The van der Waals surface area contributed by atoms with E-state index in [1.54, 1.807) is 0 Å². The molecule has 3 heteroatoms. The average molecular weight is 137 g/mol. The predicted molar refractivity (Wildman–Crippen MR) is 38.6 cm³/mol. The van der Waals surface area contributed by atoms with Crippen molar-refractivity contribution in [3.8, 4) is 0 Å². The van der Waals surface area contributed by atoms with E-state index in [1.807, 2.05) is 6.20 Å². The number of nitrogens with zero attached hydrogens (tertiary/aromatic N) is 2. The first-order valence-corrected chi connectivity index (χ1v) is 3.56. The van der Waals surface area contributed by atoms with Gasteiger partial charge in [-0.3, -0.25) is 5.10 Å². The normalized spacial score (nSPS) is 18.9. The van der Waals surface area contributed by atoms with E-state index in [0.29, 0.717) is 0 Å². The van der Waals surface area contributed by atoms with Crippen molar-refractivity contribution in [1.82, 2.24) is 15.1 Å². The number of hydrogen-bond donors (Lipinski definition) is 1. The Morgan fingerprint density at radius 2 is 2.60 bits per heavy atom. The molecule has 0 amide bonds. The highest BCUT2D eigenvalue weighted by Crippen LogP contribution is 2.13. The van der Waals surface area contributed by atoms with Crippen LogP contribution < -0.4 is 0 Å². The van der Waals surface area contributed by atoms with E-state index in [2.05, 4.69) is 22.1 Å². The fraction of sp³-hybridized carbons (Fsp3) is 0.571. The summed E-state index contributed by atoms with van der Waals surface area (Å²) in [6, 6.07) is 0. The zero-order valence-corrected chi connectivity index (χ0v) is 6.09. The van der Waals surface area contributed by atoms with Crippen molar-refractivity contribution in [3.63, 3.8) is 0 Å². The molecular formula is C7H11N3. The molecule has 1 aromatic rings. The molecule has 10 heavy (non-hydrogen) atoms. The van der Waals surface area contributed by atoms with Gasteiger partial charge in [0.25, 0.3) is 0 Å². The van der Waals surface area contributed by atoms with Crippen molar-refractivity contribution in [2.24, 2.45) is 0 Å². The third-order valence-corrected chi connectivity index (χ3v) is 1.99.